The lowest BCUT2D eigenvalue weighted by Gasteiger charge is -2.19. The van der Waals surface area contributed by atoms with E-state index in [9.17, 15) is 9.59 Å². The number of hydrogen-bond donors (Lipinski definition) is 2. The molecule has 5 nitrogen and oxygen atoms in total. The van der Waals surface area contributed by atoms with Crippen LogP contribution in [0.15, 0.2) is 18.2 Å². The largest absolute Gasteiger partial charge is 0.398 e. The Morgan fingerprint density at radius 3 is 2.56 bits per heavy atom. The van der Waals surface area contributed by atoms with Gasteiger partial charge in [0.15, 0.2) is 5.78 Å². The van der Waals surface area contributed by atoms with Gasteiger partial charge in [-0.15, -0.1) is 0 Å². The molecule has 0 radical (unpaired) electrons. The first-order valence-electron chi connectivity index (χ1n) is 5.84. The minimum Gasteiger partial charge on any atom is -0.398 e. The topological polar surface area (TPSA) is 75.4 Å². The third-order valence-electron chi connectivity index (χ3n) is 2.61. The predicted molar refractivity (Wildman–Crippen MR) is 72.8 cm³/mol. The summed E-state index contributed by atoms with van der Waals surface area (Å²) in [5.41, 5.74) is 7.55. The molecular formula is C13H19N3O2. The van der Waals surface area contributed by atoms with Gasteiger partial charge in [0.2, 0.25) is 5.91 Å². The van der Waals surface area contributed by atoms with Crippen molar-refractivity contribution in [1.29, 1.82) is 0 Å². The average molecular weight is 249 g/mol. The number of rotatable bonds is 5. The van der Waals surface area contributed by atoms with E-state index >= 15 is 0 Å². The molecule has 3 N–H and O–H groups in total. The summed E-state index contributed by atoms with van der Waals surface area (Å²) >= 11 is 0. The Hall–Kier alpha value is -2.04. The Kier molecular flexibility index (Phi) is 4.71. The second kappa shape index (κ2) is 6.05. The molecule has 0 saturated heterocycles. The minimum atomic E-state index is -0.0644. The van der Waals surface area contributed by atoms with Crippen LogP contribution in [0.3, 0.4) is 0 Å². The second-order valence-electron chi connectivity index (χ2n) is 4.14. The fraction of sp³-hybridized carbons (Fsp3) is 0.385. The van der Waals surface area contributed by atoms with E-state index in [0.717, 1.165) is 5.69 Å². The highest BCUT2D eigenvalue weighted by Crippen LogP contribution is 2.20. The van der Waals surface area contributed by atoms with Crippen LogP contribution in [0.4, 0.5) is 11.4 Å². The van der Waals surface area contributed by atoms with Gasteiger partial charge in [-0.25, -0.2) is 0 Å². The lowest BCUT2D eigenvalue weighted by Crippen LogP contribution is -2.35. The molecule has 0 unspecified atom stereocenters. The molecule has 0 heterocycles. The van der Waals surface area contributed by atoms with E-state index in [1.807, 2.05) is 6.92 Å². The fourth-order valence-electron chi connectivity index (χ4n) is 1.67. The zero-order valence-corrected chi connectivity index (χ0v) is 11.0. The van der Waals surface area contributed by atoms with E-state index in [0.29, 0.717) is 17.8 Å². The molecule has 18 heavy (non-hydrogen) atoms. The maximum absolute atomic E-state index is 11.4. The number of carbonyl (C=O) groups is 2. The molecule has 0 saturated carbocycles. The van der Waals surface area contributed by atoms with E-state index in [4.69, 9.17) is 5.73 Å². The van der Waals surface area contributed by atoms with E-state index in [1.165, 1.54) is 6.92 Å². The number of amides is 1. The molecule has 1 aromatic carbocycles. The van der Waals surface area contributed by atoms with Crippen molar-refractivity contribution in [3.8, 4) is 0 Å². The Morgan fingerprint density at radius 1 is 1.39 bits per heavy atom. The third-order valence-corrected chi connectivity index (χ3v) is 2.61. The highest BCUT2D eigenvalue weighted by atomic mass is 16.2. The van der Waals surface area contributed by atoms with Crippen LogP contribution >= 0.6 is 0 Å². The van der Waals surface area contributed by atoms with Crippen LogP contribution in [0, 0.1) is 0 Å². The molecule has 0 aliphatic carbocycles. The highest BCUT2D eigenvalue weighted by molar-refractivity contribution is 5.99. The average Bonchev–Trinajstić information content (AvgIpc) is 2.28. The number of ketones is 1. The van der Waals surface area contributed by atoms with Crippen LogP contribution < -0.4 is 16.0 Å². The summed E-state index contributed by atoms with van der Waals surface area (Å²) in [5, 5.41) is 2.72. The van der Waals surface area contributed by atoms with Gasteiger partial charge in [-0.1, -0.05) is 0 Å². The number of nitrogens with zero attached hydrogens (tertiary/aromatic N) is 1. The van der Waals surface area contributed by atoms with Crippen molar-refractivity contribution < 1.29 is 9.59 Å². The monoisotopic (exact) mass is 249 g/mol. The Morgan fingerprint density at radius 2 is 2.06 bits per heavy atom. The molecule has 0 spiro atoms. The molecule has 0 atom stereocenters. The number of carbonyl (C=O) groups excluding carboxylic acids is 2. The molecule has 98 valence electrons. The van der Waals surface area contributed by atoms with Crippen molar-refractivity contribution in [2.45, 2.75) is 13.8 Å². The summed E-state index contributed by atoms with van der Waals surface area (Å²) in [5.74, 6) is -0.111. The summed E-state index contributed by atoms with van der Waals surface area (Å²) in [6.07, 6.45) is 0. The molecule has 0 fully saturated rings. The molecule has 1 aromatic rings. The van der Waals surface area contributed by atoms with Crippen molar-refractivity contribution in [3.63, 3.8) is 0 Å². The zero-order chi connectivity index (χ0) is 13.7. The fourth-order valence-corrected chi connectivity index (χ4v) is 1.67. The first kappa shape index (κ1) is 14.0. The highest BCUT2D eigenvalue weighted by Gasteiger charge is 2.10. The minimum absolute atomic E-state index is 0.0470. The number of hydrogen-bond acceptors (Lipinski definition) is 4. The maximum atomic E-state index is 11.4. The van der Waals surface area contributed by atoms with E-state index in [-0.39, 0.29) is 18.2 Å². The molecular weight excluding hydrogens is 230 g/mol. The van der Waals surface area contributed by atoms with Gasteiger partial charge in [0, 0.05) is 30.5 Å². The van der Waals surface area contributed by atoms with Crippen molar-refractivity contribution in [1.82, 2.24) is 5.32 Å². The van der Waals surface area contributed by atoms with Crippen molar-refractivity contribution in [3.05, 3.63) is 23.8 Å². The van der Waals surface area contributed by atoms with Gasteiger partial charge in [0.05, 0.1) is 6.54 Å². The normalized spacial score (nSPS) is 9.94. The van der Waals surface area contributed by atoms with Crippen LogP contribution in [0.2, 0.25) is 0 Å². The SMILES string of the molecule is CCNC(=O)CN(C)c1ccc(C(C)=O)c(N)c1. The Labute approximate surface area is 107 Å². The maximum Gasteiger partial charge on any atom is 0.239 e. The quantitative estimate of drug-likeness (QED) is 0.604. The van der Waals surface area contributed by atoms with Crippen molar-refractivity contribution in [2.75, 3.05) is 30.8 Å². The summed E-state index contributed by atoms with van der Waals surface area (Å²) in [4.78, 5) is 24.5. The lowest BCUT2D eigenvalue weighted by molar-refractivity contribution is -0.119. The summed E-state index contributed by atoms with van der Waals surface area (Å²) < 4.78 is 0. The number of nitrogens with one attached hydrogen (secondary N) is 1. The van der Waals surface area contributed by atoms with Crippen molar-refractivity contribution in [2.24, 2.45) is 0 Å². The number of nitrogen functional groups attached to an aromatic ring is 1. The van der Waals surface area contributed by atoms with E-state index in [1.54, 1.807) is 30.1 Å². The molecule has 1 amide bonds. The number of benzene rings is 1. The summed E-state index contributed by atoms with van der Waals surface area (Å²) in [6.45, 7) is 4.21. The summed E-state index contributed by atoms with van der Waals surface area (Å²) in [6, 6.07) is 5.17. The van der Waals surface area contributed by atoms with E-state index in [2.05, 4.69) is 5.32 Å². The zero-order valence-electron chi connectivity index (χ0n) is 11.0. The molecule has 0 aromatic heterocycles. The summed E-state index contributed by atoms with van der Waals surface area (Å²) in [7, 11) is 1.80. The molecule has 0 bridgehead atoms. The van der Waals surface area contributed by atoms with Crippen LogP contribution in [-0.2, 0) is 4.79 Å². The number of likely N-dealkylation sites (N-methyl/N-ethyl adjacent to an activating group) is 2. The Bertz CT molecular complexity index is 458. The second-order valence-corrected chi connectivity index (χ2v) is 4.14. The third kappa shape index (κ3) is 3.48. The number of Topliss-reactive ketones (excluding diaryl/α,β-unsaturated/α-hetero) is 1. The van der Waals surface area contributed by atoms with Gasteiger partial charge in [0.25, 0.3) is 0 Å². The van der Waals surface area contributed by atoms with Gasteiger partial charge in [0.1, 0.15) is 0 Å². The molecule has 0 aliphatic heterocycles. The molecule has 1 rings (SSSR count). The standard InChI is InChI=1S/C13H19N3O2/c1-4-15-13(18)8-16(3)10-5-6-11(9(2)17)12(14)7-10/h5-7H,4,8,14H2,1-3H3,(H,15,18). The van der Waals surface area contributed by atoms with Gasteiger partial charge in [-0.3, -0.25) is 9.59 Å². The number of nitrogens with two attached hydrogens (primary N) is 1. The van der Waals surface area contributed by atoms with Gasteiger partial charge >= 0.3 is 0 Å². The van der Waals surface area contributed by atoms with Crippen LogP contribution in [0.5, 0.6) is 0 Å². The Balaban J connectivity index is 2.81. The smallest absolute Gasteiger partial charge is 0.239 e. The lowest BCUT2D eigenvalue weighted by atomic mass is 10.1. The van der Waals surface area contributed by atoms with Crippen LogP contribution in [0.25, 0.3) is 0 Å². The van der Waals surface area contributed by atoms with Crippen molar-refractivity contribution >= 4 is 23.1 Å². The molecule has 5 heteroatoms. The van der Waals surface area contributed by atoms with Gasteiger partial charge in [-0.2, -0.15) is 0 Å². The van der Waals surface area contributed by atoms with Crippen LogP contribution in [-0.4, -0.2) is 31.8 Å². The first-order chi connectivity index (χ1) is 8.45. The molecule has 0 aliphatic rings. The van der Waals surface area contributed by atoms with E-state index < -0.39 is 0 Å². The first-order valence-corrected chi connectivity index (χ1v) is 5.84. The van der Waals surface area contributed by atoms with Crippen LogP contribution in [0.1, 0.15) is 24.2 Å². The van der Waals surface area contributed by atoms with Gasteiger partial charge < -0.3 is 16.0 Å². The van der Waals surface area contributed by atoms with Gasteiger partial charge in [-0.05, 0) is 32.0 Å². The predicted octanol–water partition coefficient (Wildman–Crippen LogP) is 1.04. The number of anilines is 2.